The summed E-state index contributed by atoms with van der Waals surface area (Å²) in [4.78, 5) is 26.6. The Morgan fingerprint density at radius 3 is 2.40 bits per heavy atom. The van der Waals surface area contributed by atoms with Gasteiger partial charge in [-0.05, 0) is 29.8 Å². The number of hydrogen-bond donors (Lipinski definition) is 1. The summed E-state index contributed by atoms with van der Waals surface area (Å²) in [5.74, 6) is -2.07. The van der Waals surface area contributed by atoms with Crippen LogP contribution in [-0.2, 0) is 19.9 Å². The van der Waals surface area contributed by atoms with E-state index in [0.717, 1.165) is 24.1 Å². The van der Waals surface area contributed by atoms with Crippen molar-refractivity contribution < 1.29 is 36.6 Å². The molecule has 2 aromatic carbocycles. The van der Waals surface area contributed by atoms with E-state index in [0.29, 0.717) is 5.56 Å². The highest BCUT2D eigenvalue weighted by atomic mass is 35.5. The monoisotopic (exact) mass is 514 g/mol. The van der Waals surface area contributed by atoms with Crippen LogP contribution in [0.1, 0.15) is 29.9 Å². The van der Waals surface area contributed by atoms with Crippen LogP contribution >= 0.6 is 11.6 Å². The van der Waals surface area contributed by atoms with Gasteiger partial charge in [-0.3, -0.25) is 4.79 Å². The molecule has 1 N–H and O–H groups in total. The van der Waals surface area contributed by atoms with E-state index in [4.69, 9.17) is 21.1 Å². The zero-order valence-corrected chi connectivity index (χ0v) is 19.5. The van der Waals surface area contributed by atoms with Gasteiger partial charge in [-0.15, -0.1) is 0 Å². The Morgan fingerprint density at radius 2 is 1.83 bits per heavy atom. The number of carbonyl (C=O) groups excluding carboxylic acids is 2. The van der Waals surface area contributed by atoms with E-state index in [-0.39, 0.29) is 43.4 Å². The highest BCUT2D eigenvalue weighted by molar-refractivity contribution is 6.30. The maximum Gasteiger partial charge on any atom is 0.430 e. The third-order valence-electron chi connectivity index (χ3n) is 6.79. The smallest absolute Gasteiger partial charge is 0.430 e. The normalized spacial score (nSPS) is 21.7. The van der Waals surface area contributed by atoms with Gasteiger partial charge in [-0.1, -0.05) is 35.9 Å². The number of amides is 2. The highest BCUT2D eigenvalue weighted by Gasteiger charge is 2.64. The fourth-order valence-corrected chi connectivity index (χ4v) is 5.17. The fraction of sp³-hybridized carbons (Fsp3) is 0.417. The van der Waals surface area contributed by atoms with Crippen molar-refractivity contribution in [1.82, 2.24) is 10.2 Å². The molecule has 2 atom stereocenters. The average Bonchev–Trinajstić information content (AvgIpc) is 2.80. The summed E-state index contributed by atoms with van der Waals surface area (Å²) in [7, 11) is 0.830. The van der Waals surface area contributed by atoms with Gasteiger partial charge in [0.2, 0.25) is 0 Å². The van der Waals surface area contributed by atoms with E-state index in [2.05, 4.69) is 5.32 Å². The second-order valence-electron chi connectivity index (χ2n) is 8.62. The topological polar surface area (TPSA) is 67.9 Å². The summed E-state index contributed by atoms with van der Waals surface area (Å²) < 4.78 is 67.2. The van der Waals surface area contributed by atoms with Gasteiger partial charge >= 0.3 is 12.3 Å². The molecule has 0 bridgehead atoms. The Balaban J connectivity index is 1.63. The molecule has 2 aliphatic heterocycles. The minimum atomic E-state index is -5.07. The Kier molecular flexibility index (Phi) is 6.72. The minimum Gasteiger partial charge on any atom is -0.442 e. The summed E-state index contributed by atoms with van der Waals surface area (Å²) in [6, 6.07) is 10.7. The largest absolute Gasteiger partial charge is 0.442 e. The summed E-state index contributed by atoms with van der Waals surface area (Å²) in [5, 5.41) is 2.64. The molecule has 0 radical (unpaired) electrons. The SMILES string of the molecule is CO[C@](C(=O)N1CCC2(CC1)OC(=O)NC[C@@H]2c1ccc(F)cc1)(c1cccc(Cl)c1)C(F)(F)F. The van der Waals surface area contributed by atoms with Crippen LogP contribution in [0.25, 0.3) is 0 Å². The standard InChI is InChI=1S/C24H23ClF4N2O4/c1-34-23(24(27,28)29,16-3-2-4-17(25)13-16)20(32)31-11-9-22(10-12-31)19(14-30-21(33)35-22)15-5-7-18(26)8-6-15/h2-8,13,19H,9-12,14H2,1H3,(H,30,33)/t19-,23+/m1/s1. The minimum absolute atomic E-state index is 0.0299. The number of carbonyl (C=O) groups is 2. The van der Waals surface area contributed by atoms with Gasteiger partial charge in [0.15, 0.2) is 0 Å². The fourth-order valence-electron chi connectivity index (χ4n) is 4.98. The number of rotatable bonds is 4. The van der Waals surface area contributed by atoms with Crippen molar-refractivity contribution in [2.24, 2.45) is 0 Å². The number of halogens is 5. The number of methoxy groups -OCH3 is 1. The van der Waals surface area contributed by atoms with Crippen LogP contribution in [0.5, 0.6) is 0 Å². The van der Waals surface area contributed by atoms with Crippen LogP contribution in [-0.4, -0.2) is 55.4 Å². The van der Waals surface area contributed by atoms with Crippen LogP contribution in [0, 0.1) is 5.82 Å². The van der Waals surface area contributed by atoms with Gasteiger partial charge in [0.05, 0.1) is 0 Å². The molecule has 0 saturated carbocycles. The van der Waals surface area contributed by atoms with Gasteiger partial charge in [-0.2, -0.15) is 13.2 Å². The van der Waals surface area contributed by atoms with Crippen molar-refractivity contribution in [2.75, 3.05) is 26.7 Å². The summed E-state index contributed by atoms with van der Waals surface area (Å²) in [6.45, 7) is 0.00259. The Hall–Kier alpha value is -2.85. The van der Waals surface area contributed by atoms with Gasteiger partial charge < -0.3 is 19.7 Å². The summed E-state index contributed by atoms with van der Waals surface area (Å²) >= 11 is 5.92. The first-order valence-electron chi connectivity index (χ1n) is 10.9. The molecule has 11 heteroatoms. The van der Waals surface area contributed by atoms with E-state index in [1.165, 1.54) is 24.3 Å². The molecule has 2 heterocycles. The van der Waals surface area contributed by atoms with Crippen molar-refractivity contribution in [3.8, 4) is 0 Å². The van der Waals surface area contributed by atoms with Crippen LogP contribution < -0.4 is 5.32 Å². The molecule has 2 saturated heterocycles. The maximum absolute atomic E-state index is 14.4. The van der Waals surface area contributed by atoms with Crippen LogP contribution in [0.15, 0.2) is 48.5 Å². The number of hydrogen-bond acceptors (Lipinski definition) is 4. The van der Waals surface area contributed by atoms with Crippen molar-refractivity contribution in [3.05, 3.63) is 70.5 Å². The van der Waals surface area contributed by atoms with Crippen molar-refractivity contribution in [2.45, 2.75) is 36.1 Å². The highest BCUT2D eigenvalue weighted by Crippen LogP contribution is 2.46. The molecular formula is C24H23ClF4N2O4. The molecule has 6 nitrogen and oxygen atoms in total. The Bertz CT molecular complexity index is 1100. The predicted octanol–water partition coefficient (Wildman–Crippen LogP) is 4.77. The van der Waals surface area contributed by atoms with Gasteiger partial charge in [0, 0.05) is 56.1 Å². The molecule has 2 aromatic rings. The molecular weight excluding hydrogens is 492 g/mol. The van der Waals surface area contributed by atoms with Crippen LogP contribution in [0.4, 0.5) is 22.4 Å². The zero-order valence-electron chi connectivity index (χ0n) is 18.7. The number of benzene rings is 2. The number of likely N-dealkylation sites (tertiary alicyclic amines) is 1. The number of alkyl halides is 3. The molecule has 0 aliphatic carbocycles. The summed E-state index contributed by atoms with van der Waals surface area (Å²) in [5.41, 5.74) is -4.01. The van der Waals surface area contributed by atoms with E-state index >= 15 is 0 Å². The third-order valence-corrected chi connectivity index (χ3v) is 7.02. The van der Waals surface area contributed by atoms with E-state index in [9.17, 15) is 27.2 Å². The van der Waals surface area contributed by atoms with Crippen LogP contribution in [0.3, 0.4) is 0 Å². The van der Waals surface area contributed by atoms with Gasteiger partial charge in [0.25, 0.3) is 11.5 Å². The van der Waals surface area contributed by atoms with Crippen molar-refractivity contribution >= 4 is 23.6 Å². The molecule has 0 unspecified atom stereocenters. The summed E-state index contributed by atoms with van der Waals surface area (Å²) in [6.07, 6.45) is -5.53. The average molecular weight is 515 g/mol. The first-order valence-corrected chi connectivity index (χ1v) is 11.3. The van der Waals surface area contributed by atoms with Crippen molar-refractivity contribution in [1.29, 1.82) is 0 Å². The Labute approximate surface area is 204 Å². The lowest BCUT2D eigenvalue weighted by atomic mass is 9.74. The second-order valence-corrected chi connectivity index (χ2v) is 9.06. The van der Waals surface area contributed by atoms with E-state index in [1.807, 2.05) is 0 Å². The molecule has 4 rings (SSSR count). The van der Waals surface area contributed by atoms with Crippen LogP contribution in [0.2, 0.25) is 5.02 Å². The molecule has 0 aromatic heterocycles. The molecule has 2 amide bonds. The number of piperidine rings is 1. The second kappa shape index (κ2) is 9.31. The first kappa shape index (κ1) is 25.2. The molecule has 2 fully saturated rings. The Morgan fingerprint density at radius 1 is 1.17 bits per heavy atom. The third kappa shape index (κ3) is 4.45. The number of ether oxygens (including phenoxy) is 2. The lowest BCUT2D eigenvalue weighted by molar-refractivity contribution is -0.271. The molecule has 188 valence electrons. The van der Waals surface area contributed by atoms with Gasteiger partial charge in [-0.25, -0.2) is 9.18 Å². The number of alkyl carbamates (subject to hydrolysis) is 1. The lowest BCUT2D eigenvalue weighted by Crippen LogP contribution is -2.62. The first-order chi connectivity index (χ1) is 16.5. The van der Waals surface area contributed by atoms with Gasteiger partial charge in [0.1, 0.15) is 11.4 Å². The zero-order chi connectivity index (χ0) is 25.4. The lowest BCUT2D eigenvalue weighted by Gasteiger charge is -2.49. The number of nitrogens with one attached hydrogen (secondary N) is 1. The predicted molar refractivity (Wildman–Crippen MR) is 118 cm³/mol. The maximum atomic E-state index is 14.4. The quantitative estimate of drug-likeness (QED) is 0.597. The van der Waals surface area contributed by atoms with E-state index < -0.39 is 40.8 Å². The van der Waals surface area contributed by atoms with Crippen molar-refractivity contribution in [3.63, 3.8) is 0 Å². The molecule has 2 aliphatic rings. The molecule has 35 heavy (non-hydrogen) atoms. The molecule has 1 spiro atoms. The van der Waals surface area contributed by atoms with E-state index in [1.54, 1.807) is 12.1 Å². The number of nitrogens with zero attached hydrogens (tertiary/aromatic N) is 1.